The molecule has 0 aliphatic rings. The molecule has 1 amide bonds. The van der Waals surface area contributed by atoms with E-state index < -0.39 is 28.0 Å². The number of Topliss-reactive ketones (excluding diaryl/α,β-unsaturated/α-hetero) is 1. The van der Waals surface area contributed by atoms with Crippen LogP contribution in [0.3, 0.4) is 0 Å². The number of H-pyrrole nitrogens is 2. The third-order valence-corrected chi connectivity index (χ3v) is 23.9. The zero-order valence-electron chi connectivity index (χ0n) is 79.5. The third-order valence-electron chi connectivity index (χ3n) is 22.6. The topological polar surface area (TPSA) is 346 Å². The molecule has 13 aromatic carbocycles. The lowest BCUT2D eigenvalue weighted by Crippen LogP contribution is -2.30. The molecule has 1 unspecified atom stereocenters. The van der Waals surface area contributed by atoms with Gasteiger partial charge in [-0.05, 0) is 188 Å². The number of para-hydroxylation sites is 5. The van der Waals surface area contributed by atoms with Gasteiger partial charge in [0.1, 0.15) is 105 Å². The van der Waals surface area contributed by atoms with Gasteiger partial charge in [-0.15, -0.1) is 10.2 Å². The van der Waals surface area contributed by atoms with Crippen LogP contribution in [-0.4, -0.2) is 102 Å². The minimum atomic E-state index is -4.01. The number of hydrogen-bond donors (Lipinski definition) is 3. The van der Waals surface area contributed by atoms with Crippen molar-refractivity contribution in [2.45, 2.75) is 104 Å². The number of benzene rings is 13. The molecule has 144 heavy (non-hydrogen) atoms. The maximum Gasteiger partial charge on any atom is 0.337 e. The van der Waals surface area contributed by atoms with Gasteiger partial charge in [-0.3, -0.25) is 14.7 Å². The number of rotatable bonds is 38. The average Bonchev–Trinajstić information content (AvgIpc) is 0.910. The summed E-state index contributed by atoms with van der Waals surface area (Å²) in [6, 6.07) is 110. The van der Waals surface area contributed by atoms with E-state index in [1.165, 1.54) is 44.8 Å². The lowest BCUT2D eigenvalue weighted by Gasteiger charge is -2.19. The van der Waals surface area contributed by atoms with Crippen LogP contribution in [0.1, 0.15) is 121 Å². The Morgan fingerprint density at radius 2 is 0.903 bits per heavy atom. The van der Waals surface area contributed by atoms with Gasteiger partial charge in [-0.2, -0.15) is 10.3 Å². The van der Waals surface area contributed by atoms with Gasteiger partial charge in [0.05, 0.1) is 69.5 Å². The molecule has 28 nitrogen and oxygen atoms in total. The van der Waals surface area contributed by atoms with Crippen molar-refractivity contribution in [2.24, 2.45) is 0 Å². The van der Waals surface area contributed by atoms with E-state index in [9.17, 15) is 22.8 Å². The first-order valence-electron chi connectivity index (χ1n) is 46.4. The van der Waals surface area contributed by atoms with Crippen LogP contribution in [0.15, 0.2) is 363 Å². The molecule has 0 fully saturated rings. The highest BCUT2D eigenvalue weighted by atomic mass is 32.2. The zero-order valence-corrected chi connectivity index (χ0v) is 80.4. The van der Waals surface area contributed by atoms with Crippen molar-refractivity contribution in [2.75, 3.05) is 14.2 Å². The SMILES string of the molecule is C(=C\c1ccccc1Cc1nn[nH]n1)/c1ccc(OCc2ccc3ccccc3n2)cc1.CCCc1cccc(COc2cccc(OCc3ccc4ccccc4n3)c2)c1OC(C)C(C)=O.COC(=O)c1ccc(COc2cccc(OCc3ccc4ccccc4n3)c2)c(OCc2ncn[nH]2)c1.COc1cc(C(=O)NS(=O)(=O)c2ccccc2)ccc1OCc1cccc(OCc2ccc3ccccc3n2)c1. The molecule has 6 aromatic heterocycles. The van der Waals surface area contributed by atoms with E-state index in [0.29, 0.717) is 103 Å². The molecule has 29 heteroatoms. The standard InChI is InChI=1S/C31H26N2O6S.C30H31NO4.C28H24N4O5.C26H21N5O/c1-37-30-19-24(31(34)33-40(35,36)27-11-3-2-4-12-27)15-17-29(30)39-20-22-8-7-10-26(18-22)38-21-25-16-14-23-9-5-6-13-28(23)32-25;1-4-9-24-11-7-12-25(30(24)35-22(3)21(2)32)19-33-27-13-8-14-28(18-27)34-20-26-17-16-23-10-5-6-15-29(23)31-26;1-34-28(33)20-9-10-21(26(13-20)37-17-27-29-18-30-32-27)15-35-23-6-4-7-24(14-23)36-16-22-12-11-19-5-2-3-8-25(19)31-22;1-2-7-22(17-26-28-30-31-29-26)20(5-1)12-9-19-10-15-24(16-11-19)32-18-23-14-13-21-6-3-4-8-25(21)27-23/h2-19H,20-21H2,1H3,(H,33,34);5-8,10-18,22H,4,9,19-20H2,1-3H3;2-14,18H,15-17H2,1H3,(H,29,30,32);1-16H,17-18H2,(H,28,29,30,31)/b;;;12-9+. The van der Waals surface area contributed by atoms with Gasteiger partial charge in [0.15, 0.2) is 35.0 Å². The molecule has 1 atom stereocenters. The number of sulfonamides is 1. The number of hydrogen-bond acceptors (Lipinski definition) is 25. The molecule has 0 saturated carbocycles. The van der Waals surface area contributed by atoms with Crippen molar-refractivity contribution >= 4 is 83.4 Å². The van der Waals surface area contributed by atoms with Gasteiger partial charge in [0.25, 0.3) is 15.9 Å². The summed E-state index contributed by atoms with van der Waals surface area (Å²) >= 11 is 0. The van der Waals surface area contributed by atoms with Crippen molar-refractivity contribution < 1.29 is 74.9 Å². The number of ketones is 1. The first-order chi connectivity index (χ1) is 70.4. The number of nitrogens with one attached hydrogen (secondary N) is 3. The quantitative estimate of drug-likeness (QED) is 0.0239. The van der Waals surface area contributed by atoms with Crippen LogP contribution in [0.5, 0.6) is 57.5 Å². The number of carbonyl (C=O) groups excluding carboxylic acids is 3. The first kappa shape index (κ1) is 99.0. The smallest absolute Gasteiger partial charge is 0.337 e. The molecule has 0 saturated heterocycles. The zero-order chi connectivity index (χ0) is 99.6. The Hall–Kier alpha value is -18.0. The molecule has 0 radical (unpaired) electrons. The van der Waals surface area contributed by atoms with Crippen molar-refractivity contribution in [1.82, 2.24) is 60.5 Å². The second-order valence-electron chi connectivity index (χ2n) is 32.9. The van der Waals surface area contributed by atoms with Crippen LogP contribution in [0, 0.1) is 0 Å². The number of aryl methyl sites for hydroxylation is 1. The molecular weight excluding hydrogens is 1840 g/mol. The third kappa shape index (κ3) is 28.2. The number of pyridine rings is 4. The summed E-state index contributed by atoms with van der Waals surface area (Å²) in [4.78, 5) is 59.1. The first-order valence-corrected chi connectivity index (χ1v) is 47.9. The number of nitrogens with zero attached hydrogens (tertiary/aromatic N) is 9. The fraction of sp³-hybridized carbons (Fsp3) is 0.148. The van der Waals surface area contributed by atoms with Gasteiger partial charge < -0.3 is 52.1 Å². The minimum Gasteiger partial charge on any atom is -0.493 e. The molecule has 0 aliphatic heterocycles. The Bertz CT molecular complexity index is 7720. The maximum atomic E-state index is 12.7. The lowest BCUT2D eigenvalue weighted by molar-refractivity contribution is -0.122. The molecule has 6 heterocycles. The van der Waals surface area contributed by atoms with Crippen molar-refractivity contribution in [3.63, 3.8) is 0 Å². The number of aromatic amines is 2. The van der Waals surface area contributed by atoms with E-state index in [-0.39, 0.29) is 36.1 Å². The summed E-state index contributed by atoms with van der Waals surface area (Å²) in [7, 11) is -1.23. The predicted octanol–water partition coefficient (Wildman–Crippen LogP) is 22.2. The summed E-state index contributed by atoms with van der Waals surface area (Å²) in [5, 5.41) is 25.2. The number of amides is 1. The number of aromatic nitrogens is 11. The molecule has 3 N–H and O–H groups in total. The number of carbonyl (C=O) groups is 3. The Morgan fingerprint density at radius 1 is 0.417 bits per heavy atom. The van der Waals surface area contributed by atoms with Crippen LogP contribution >= 0.6 is 0 Å². The molecule has 724 valence electrons. The van der Waals surface area contributed by atoms with Gasteiger partial charge in [0.2, 0.25) is 0 Å². The number of fused-ring (bicyclic) bond motifs is 4. The molecule has 19 rings (SSSR count). The molecule has 0 bridgehead atoms. The van der Waals surface area contributed by atoms with Crippen molar-refractivity contribution in [3.8, 4) is 57.5 Å². The summed E-state index contributed by atoms with van der Waals surface area (Å²) in [5.74, 6) is 6.09. The van der Waals surface area contributed by atoms with Gasteiger partial charge in [0, 0.05) is 56.8 Å². The number of ether oxygens (including phenoxy) is 11. The second kappa shape index (κ2) is 49.5. The number of tetrazole rings is 1. The van der Waals surface area contributed by atoms with Crippen LogP contribution < -0.4 is 52.1 Å². The largest absolute Gasteiger partial charge is 0.493 e. The average molecular weight is 1940 g/mol. The number of esters is 1. The van der Waals surface area contributed by atoms with E-state index in [1.54, 1.807) is 56.3 Å². The second-order valence-corrected chi connectivity index (χ2v) is 34.6. The lowest BCUT2D eigenvalue weighted by atomic mass is 10.0. The van der Waals surface area contributed by atoms with E-state index in [0.717, 1.165) is 130 Å². The fourth-order valence-electron chi connectivity index (χ4n) is 14.9. The molecular formula is C115H102N12O16S. The minimum absolute atomic E-state index is 0.00463. The Balaban J connectivity index is 0.000000138. The number of methoxy groups -OCH3 is 2. The van der Waals surface area contributed by atoms with E-state index in [1.807, 2.05) is 255 Å². The molecule has 0 spiro atoms. The Labute approximate surface area is 832 Å². The summed E-state index contributed by atoms with van der Waals surface area (Å²) in [5.41, 5.74) is 14.7. The van der Waals surface area contributed by atoms with E-state index >= 15 is 0 Å². The highest BCUT2D eigenvalue weighted by Crippen LogP contribution is 2.34. The Morgan fingerprint density at radius 3 is 1.44 bits per heavy atom. The van der Waals surface area contributed by atoms with Gasteiger partial charge in [-0.25, -0.2) is 42.9 Å². The monoisotopic (exact) mass is 1940 g/mol. The van der Waals surface area contributed by atoms with Crippen LogP contribution in [0.25, 0.3) is 55.8 Å². The summed E-state index contributed by atoms with van der Waals surface area (Å²) in [6.07, 6.45) is 7.58. The van der Waals surface area contributed by atoms with Crippen LogP contribution in [0.2, 0.25) is 0 Å². The van der Waals surface area contributed by atoms with E-state index in [4.69, 9.17) is 52.1 Å². The normalized spacial score (nSPS) is 11.2. The summed E-state index contributed by atoms with van der Waals surface area (Å²) < 4.78 is 91.1. The van der Waals surface area contributed by atoms with Crippen LogP contribution in [0.4, 0.5) is 0 Å². The van der Waals surface area contributed by atoms with Crippen molar-refractivity contribution in [3.05, 3.63) is 443 Å². The molecule has 0 aliphatic carbocycles. The van der Waals surface area contributed by atoms with Gasteiger partial charge in [-0.1, -0.05) is 231 Å². The predicted molar refractivity (Wildman–Crippen MR) is 549 cm³/mol. The van der Waals surface area contributed by atoms with Crippen molar-refractivity contribution in [1.29, 1.82) is 0 Å². The molecule has 19 aromatic rings. The van der Waals surface area contributed by atoms with E-state index in [2.05, 4.69) is 110 Å². The summed E-state index contributed by atoms with van der Waals surface area (Å²) in [6.45, 7) is 7.83. The maximum absolute atomic E-state index is 12.7. The Kier molecular flexibility index (Phi) is 34.1. The van der Waals surface area contributed by atoms with Crippen LogP contribution in [-0.2, 0) is 85.3 Å². The fourth-order valence-corrected chi connectivity index (χ4v) is 15.9. The van der Waals surface area contributed by atoms with Gasteiger partial charge >= 0.3 is 5.97 Å². The highest BCUT2D eigenvalue weighted by molar-refractivity contribution is 7.90. The highest BCUT2D eigenvalue weighted by Gasteiger charge is 2.23.